The highest BCUT2D eigenvalue weighted by molar-refractivity contribution is 5.97. The van der Waals surface area contributed by atoms with E-state index in [-0.39, 0.29) is 24.2 Å². The molecule has 8 unspecified atom stereocenters. The average molecular weight is 555 g/mol. The highest BCUT2D eigenvalue weighted by Crippen LogP contribution is 2.65. The molecule has 1 aromatic carbocycles. The second-order valence-corrected chi connectivity index (χ2v) is 12.4. The molecule has 3 aliphatic carbocycles. The van der Waals surface area contributed by atoms with Crippen LogP contribution >= 0.6 is 0 Å². The molecule has 40 heavy (non-hydrogen) atoms. The molecule has 1 aromatic rings. The van der Waals surface area contributed by atoms with Crippen LogP contribution in [0.3, 0.4) is 0 Å². The molecule has 2 fully saturated rings. The number of esters is 3. The zero-order chi connectivity index (χ0) is 29.8. The summed E-state index contributed by atoms with van der Waals surface area (Å²) in [5, 5.41) is 23.8. The Morgan fingerprint density at radius 1 is 1.02 bits per heavy atom. The molecule has 0 radical (unpaired) electrons. The predicted molar refractivity (Wildman–Crippen MR) is 143 cm³/mol. The van der Waals surface area contributed by atoms with Crippen molar-refractivity contribution in [1.82, 2.24) is 0 Å². The normalized spacial score (nSPS) is 38.1. The van der Waals surface area contributed by atoms with Gasteiger partial charge in [0.1, 0.15) is 24.1 Å². The number of aliphatic hydroxyl groups is 2. The molecule has 4 rings (SSSR count). The fourth-order valence-electron chi connectivity index (χ4n) is 7.49. The van der Waals surface area contributed by atoms with Gasteiger partial charge in [-0.3, -0.25) is 14.4 Å². The molecule has 9 heteroatoms. The van der Waals surface area contributed by atoms with Gasteiger partial charge in [-0.2, -0.15) is 0 Å². The molecule has 0 bridgehead atoms. The summed E-state index contributed by atoms with van der Waals surface area (Å²) < 4.78 is 17.2. The molecule has 2 N–H and O–H groups in total. The van der Waals surface area contributed by atoms with Gasteiger partial charge in [-0.1, -0.05) is 45.0 Å². The lowest BCUT2D eigenvalue weighted by Crippen LogP contribution is -2.76. The maximum absolute atomic E-state index is 14.2. The van der Waals surface area contributed by atoms with Crippen LogP contribution in [0, 0.1) is 28.1 Å². The summed E-state index contributed by atoms with van der Waals surface area (Å²) in [5.74, 6) is -4.23. The lowest BCUT2D eigenvalue weighted by atomic mass is 9.41. The van der Waals surface area contributed by atoms with E-state index in [0.29, 0.717) is 0 Å². The van der Waals surface area contributed by atoms with E-state index in [9.17, 15) is 29.4 Å². The number of aliphatic hydroxyl groups excluding tert-OH is 1. The second kappa shape index (κ2) is 9.96. The van der Waals surface area contributed by atoms with Crippen LogP contribution in [-0.4, -0.2) is 57.8 Å². The van der Waals surface area contributed by atoms with Crippen molar-refractivity contribution in [3.63, 3.8) is 0 Å². The van der Waals surface area contributed by atoms with Gasteiger partial charge in [-0.05, 0) is 37.5 Å². The minimum Gasteiger partial charge on any atom is -0.459 e. The smallest absolute Gasteiger partial charge is 0.338 e. The third kappa shape index (κ3) is 4.49. The summed E-state index contributed by atoms with van der Waals surface area (Å²) in [4.78, 5) is 51.8. The van der Waals surface area contributed by atoms with Crippen LogP contribution < -0.4 is 0 Å². The number of allylic oxidation sites excluding steroid dienone is 2. The molecule has 0 aromatic heterocycles. The first-order valence-electron chi connectivity index (χ1n) is 13.5. The summed E-state index contributed by atoms with van der Waals surface area (Å²) >= 11 is 0. The van der Waals surface area contributed by atoms with Crippen LogP contribution in [-0.2, 0) is 28.6 Å². The van der Waals surface area contributed by atoms with E-state index >= 15 is 0 Å². The molecule has 0 saturated heterocycles. The van der Waals surface area contributed by atoms with Crippen LogP contribution in [0.1, 0.15) is 64.7 Å². The minimum atomic E-state index is -2.30. The lowest BCUT2D eigenvalue weighted by molar-refractivity contribution is -0.255. The van der Waals surface area contributed by atoms with Crippen LogP contribution in [0.2, 0.25) is 0 Å². The minimum absolute atomic E-state index is 0.00963. The molecule has 0 amide bonds. The number of carbonyl (C=O) groups is 4. The van der Waals surface area contributed by atoms with Crippen molar-refractivity contribution in [2.24, 2.45) is 28.1 Å². The van der Waals surface area contributed by atoms with Crippen LogP contribution in [0.5, 0.6) is 0 Å². The van der Waals surface area contributed by atoms with Crippen molar-refractivity contribution in [2.75, 3.05) is 0 Å². The van der Waals surface area contributed by atoms with E-state index in [0.717, 1.165) is 0 Å². The Labute approximate surface area is 234 Å². The van der Waals surface area contributed by atoms with Crippen molar-refractivity contribution in [1.29, 1.82) is 0 Å². The topological polar surface area (TPSA) is 136 Å². The molecular weight excluding hydrogens is 516 g/mol. The van der Waals surface area contributed by atoms with Crippen molar-refractivity contribution >= 4 is 23.7 Å². The highest BCUT2D eigenvalue weighted by atomic mass is 16.6. The number of Topliss-reactive ketones (excluding diaryl/α,β-unsaturated/α-hetero) is 1. The van der Waals surface area contributed by atoms with E-state index in [1.54, 1.807) is 64.1 Å². The largest absolute Gasteiger partial charge is 0.459 e. The Morgan fingerprint density at radius 2 is 1.65 bits per heavy atom. The zero-order valence-corrected chi connectivity index (χ0v) is 23.8. The first-order valence-corrected chi connectivity index (χ1v) is 13.5. The standard InChI is InChI=1S/C31H38O9/c1-8-29(6)15-20(40-26(35)19-12-10-9-11-13-19)24-30(7)16-21(38-17(2)32)25(34)28(4,5)22(30)14-23(39-18(3)33)31(24,37)27(29)36/h8-13,16,20,22-25,34,37H,1,14-15H2,2-7H3. The molecular formula is C31H38O9. The highest BCUT2D eigenvalue weighted by Gasteiger charge is 2.74. The Bertz CT molecular complexity index is 1270. The summed E-state index contributed by atoms with van der Waals surface area (Å²) in [5.41, 5.74) is -5.45. The van der Waals surface area contributed by atoms with Crippen molar-refractivity contribution in [3.05, 3.63) is 60.4 Å². The first kappa shape index (κ1) is 29.7. The monoisotopic (exact) mass is 554 g/mol. The van der Waals surface area contributed by atoms with Gasteiger partial charge in [0.05, 0.1) is 11.0 Å². The lowest BCUT2D eigenvalue weighted by Gasteiger charge is -2.65. The number of fused-ring (bicyclic) bond motifs is 3. The number of hydrogen-bond acceptors (Lipinski definition) is 9. The van der Waals surface area contributed by atoms with Gasteiger partial charge in [-0.25, -0.2) is 4.79 Å². The van der Waals surface area contributed by atoms with Crippen molar-refractivity contribution in [3.8, 4) is 0 Å². The van der Waals surface area contributed by atoms with Gasteiger partial charge in [0, 0.05) is 37.0 Å². The Hall–Kier alpha value is -3.30. The number of carbonyl (C=O) groups excluding carboxylic acids is 4. The first-order chi connectivity index (χ1) is 18.5. The second-order valence-electron chi connectivity index (χ2n) is 12.4. The molecule has 3 aliphatic rings. The molecule has 0 aliphatic heterocycles. The van der Waals surface area contributed by atoms with Gasteiger partial charge < -0.3 is 24.4 Å². The zero-order valence-electron chi connectivity index (χ0n) is 23.8. The fourth-order valence-corrected chi connectivity index (χ4v) is 7.49. The van der Waals surface area contributed by atoms with Crippen LogP contribution in [0.15, 0.2) is 54.8 Å². The van der Waals surface area contributed by atoms with Crippen LogP contribution in [0.25, 0.3) is 0 Å². The third-order valence-corrected chi connectivity index (χ3v) is 9.33. The molecule has 9 nitrogen and oxygen atoms in total. The molecule has 0 spiro atoms. The fraction of sp³-hybridized carbons (Fsp3) is 0.548. The van der Waals surface area contributed by atoms with Gasteiger partial charge >= 0.3 is 17.9 Å². The van der Waals surface area contributed by atoms with Gasteiger partial charge in [0.25, 0.3) is 0 Å². The summed E-state index contributed by atoms with van der Waals surface area (Å²) in [6, 6.07) is 8.34. The van der Waals surface area contributed by atoms with Crippen molar-refractivity contribution < 1.29 is 43.6 Å². The van der Waals surface area contributed by atoms with E-state index in [4.69, 9.17) is 14.2 Å². The predicted octanol–water partition coefficient (Wildman–Crippen LogP) is 3.53. The van der Waals surface area contributed by atoms with E-state index in [1.165, 1.54) is 19.9 Å². The molecule has 216 valence electrons. The van der Waals surface area contributed by atoms with Gasteiger partial charge in [0.15, 0.2) is 11.4 Å². The van der Waals surface area contributed by atoms with Gasteiger partial charge in [-0.15, -0.1) is 6.58 Å². The summed E-state index contributed by atoms with van der Waals surface area (Å²) in [6.45, 7) is 13.2. The average Bonchev–Trinajstić information content (AvgIpc) is 2.87. The quantitative estimate of drug-likeness (QED) is 0.318. The van der Waals surface area contributed by atoms with E-state index < -0.39 is 75.7 Å². The van der Waals surface area contributed by atoms with Crippen molar-refractivity contribution in [2.45, 2.75) is 78.3 Å². The Balaban J connectivity index is 1.97. The number of rotatable bonds is 5. The summed E-state index contributed by atoms with van der Waals surface area (Å²) in [7, 11) is 0. The third-order valence-electron chi connectivity index (χ3n) is 9.33. The number of hydrogen-bond donors (Lipinski definition) is 2. The molecule has 2 saturated carbocycles. The van der Waals surface area contributed by atoms with Gasteiger partial charge in [0.2, 0.25) is 0 Å². The Kier molecular flexibility index (Phi) is 7.39. The molecule has 0 heterocycles. The Morgan fingerprint density at radius 3 is 2.20 bits per heavy atom. The van der Waals surface area contributed by atoms with Crippen LogP contribution in [0.4, 0.5) is 0 Å². The van der Waals surface area contributed by atoms with E-state index in [1.807, 2.05) is 0 Å². The maximum Gasteiger partial charge on any atom is 0.338 e. The number of benzene rings is 1. The number of ketones is 1. The summed E-state index contributed by atoms with van der Waals surface area (Å²) in [6.07, 6.45) is -0.534. The maximum atomic E-state index is 14.2. The molecule has 8 atom stereocenters. The number of ether oxygens (including phenoxy) is 3. The van der Waals surface area contributed by atoms with E-state index in [2.05, 4.69) is 6.58 Å². The SMILES string of the molecule is C=CC1(C)CC(OC(=O)c2ccccc2)C2C3(C)C=C(OC(C)=O)C(O)C(C)(C)C3CC(OC(C)=O)C2(O)C1=O.